The summed E-state index contributed by atoms with van der Waals surface area (Å²) in [7, 11) is 0. The van der Waals surface area contributed by atoms with Gasteiger partial charge in [0.1, 0.15) is 0 Å². The van der Waals surface area contributed by atoms with Gasteiger partial charge in [-0.15, -0.1) is 12.4 Å². The van der Waals surface area contributed by atoms with Gasteiger partial charge in [0.25, 0.3) is 0 Å². The van der Waals surface area contributed by atoms with E-state index in [4.69, 9.17) is 5.73 Å². The van der Waals surface area contributed by atoms with Gasteiger partial charge in [-0.1, -0.05) is 42.5 Å². The molecule has 3 N–H and O–H groups in total. The van der Waals surface area contributed by atoms with Crippen LogP contribution in [0.15, 0.2) is 54.6 Å². The normalized spacial score (nSPS) is 14.7. The van der Waals surface area contributed by atoms with E-state index in [1.54, 1.807) is 30.3 Å². The Morgan fingerprint density at radius 1 is 0.852 bits per heavy atom. The van der Waals surface area contributed by atoms with Crippen molar-refractivity contribution in [2.75, 3.05) is 0 Å². The Morgan fingerprint density at radius 3 is 1.78 bits per heavy atom. The van der Waals surface area contributed by atoms with Crippen LogP contribution in [0, 0.1) is 0 Å². The summed E-state index contributed by atoms with van der Waals surface area (Å²) < 4.78 is 76.9. The average molecular weight is 412 g/mol. The predicted octanol–water partition coefficient (Wildman–Crippen LogP) is 5.22. The van der Waals surface area contributed by atoms with E-state index in [1.165, 1.54) is 0 Å². The first-order valence-electron chi connectivity index (χ1n) is 7.45. The first kappa shape index (κ1) is 23.0. The van der Waals surface area contributed by atoms with Gasteiger partial charge < -0.3 is 10.8 Å². The summed E-state index contributed by atoms with van der Waals surface area (Å²) in [5, 5.41) is 10.0. The fourth-order valence-corrected chi connectivity index (χ4v) is 2.28. The monoisotopic (exact) mass is 411 g/mol. The van der Waals surface area contributed by atoms with Crippen LogP contribution < -0.4 is 5.73 Å². The van der Waals surface area contributed by atoms with E-state index in [0.717, 1.165) is 12.2 Å². The van der Waals surface area contributed by atoms with Gasteiger partial charge in [-0.05, 0) is 29.3 Å². The molecule has 0 bridgehead atoms. The molecule has 2 atom stereocenters. The Bertz CT molecular complexity index is 741. The molecule has 0 radical (unpaired) electrons. The zero-order chi connectivity index (χ0) is 19.5. The van der Waals surface area contributed by atoms with Gasteiger partial charge >= 0.3 is 12.4 Å². The van der Waals surface area contributed by atoms with Crippen LogP contribution in [-0.2, 0) is 12.4 Å². The summed E-state index contributed by atoms with van der Waals surface area (Å²) in [4.78, 5) is 0. The van der Waals surface area contributed by atoms with Crippen molar-refractivity contribution < 1.29 is 31.4 Å². The maximum absolute atomic E-state index is 12.8. The molecule has 0 fully saturated rings. The van der Waals surface area contributed by atoms with Crippen LogP contribution in [0.4, 0.5) is 26.3 Å². The fourth-order valence-electron chi connectivity index (χ4n) is 2.28. The second-order valence-corrected chi connectivity index (χ2v) is 5.63. The Hall–Kier alpha value is -2.03. The molecule has 0 saturated carbocycles. The van der Waals surface area contributed by atoms with E-state index in [2.05, 4.69) is 0 Å². The van der Waals surface area contributed by atoms with Crippen LogP contribution in [0.3, 0.4) is 0 Å². The third kappa shape index (κ3) is 6.27. The third-order valence-electron chi connectivity index (χ3n) is 3.65. The molecule has 0 saturated heterocycles. The lowest BCUT2D eigenvalue weighted by atomic mass is 10.00. The molecule has 148 valence electrons. The van der Waals surface area contributed by atoms with Crippen molar-refractivity contribution in [2.24, 2.45) is 5.73 Å². The van der Waals surface area contributed by atoms with Crippen molar-refractivity contribution in [3.05, 3.63) is 76.9 Å². The maximum atomic E-state index is 12.8. The molecule has 0 aromatic heterocycles. The molecular weight excluding hydrogens is 396 g/mol. The predicted molar refractivity (Wildman–Crippen MR) is 92.1 cm³/mol. The Morgan fingerprint density at radius 2 is 1.33 bits per heavy atom. The molecule has 0 aliphatic carbocycles. The molecule has 0 amide bonds. The molecule has 2 rings (SSSR count). The number of nitrogens with two attached hydrogens (primary N) is 1. The Balaban J connectivity index is 0.00000364. The molecule has 2 nitrogen and oxygen atoms in total. The van der Waals surface area contributed by atoms with E-state index in [9.17, 15) is 31.4 Å². The van der Waals surface area contributed by atoms with E-state index < -0.39 is 35.6 Å². The zero-order valence-electron chi connectivity index (χ0n) is 13.6. The molecule has 2 unspecified atom stereocenters. The molecule has 2 aromatic carbocycles. The van der Waals surface area contributed by atoms with E-state index in [-0.39, 0.29) is 24.0 Å². The lowest BCUT2D eigenvalue weighted by molar-refractivity contribution is -0.143. The van der Waals surface area contributed by atoms with Gasteiger partial charge in [0.05, 0.1) is 23.3 Å². The lowest BCUT2D eigenvalue weighted by Crippen LogP contribution is -2.24. The molecule has 2 aromatic rings. The highest BCUT2D eigenvalue weighted by molar-refractivity contribution is 5.85. The number of halogens is 7. The molecule has 9 heteroatoms. The SMILES string of the molecule is Cl.NC(c1ccccc1)C(O)C=Cc1cc(C(F)(F)F)cc(C(F)(F)F)c1. The van der Waals surface area contributed by atoms with E-state index >= 15 is 0 Å². The maximum Gasteiger partial charge on any atom is 0.416 e. The van der Waals surface area contributed by atoms with Gasteiger partial charge in [-0.3, -0.25) is 0 Å². The van der Waals surface area contributed by atoms with E-state index in [0.29, 0.717) is 17.7 Å². The molecule has 0 aliphatic rings. The van der Waals surface area contributed by atoms with Crippen molar-refractivity contribution in [2.45, 2.75) is 24.5 Å². The summed E-state index contributed by atoms with van der Waals surface area (Å²) >= 11 is 0. The lowest BCUT2D eigenvalue weighted by Gasteiger charge is -2.16. The minimum absolute atomic E-state index is 0. The standard InChI is InChI=1S/C18H15F6NO.ClH/c19-17(20,21)13-8-11(9-14(10-13)18(22,23)24)6-7-15(26)16(25)12-4-2-1-3-5-12;/h1-10,15-16,26H,25H2;1H. The first-order chi connectivity index (χ1) is 12.0. The summed E-state index contributed by atoms with van der Waals surface area (Å²) in [6.45, 7) is 0. The number of aliphatic hydroxyl groups is 1. The largest absolute Gasteiger partial charge is 0.416 e. The van der Waals surface area contributed by atoms with Crippen molar-refractivity contribution in [1.82, 2.24) is 0 Å². The number of hydrogen-bond donors (Lipinski definition) is 2. The second kappa shape index (κ2) is 8.77. The number of aliphatic hydroxyl groups excluding tert-OH is 1. The van der Waals surface area contributed by atoms with Crippen LogP contribution in [0.2, 0.25) is 0 Å². The van der Waals surface area contributed by atoms with Crippen LogP contribution in [0.1, 0.15) is 28.3 Å². The number of hydrogen-bond acceptors (Lipinski definition) is 2. The van der Waals surface area contributed by atoms with Crippen molar-refractivity contribution >= 4 is 18.5 Å². The Labute approximate surface area is 157 Å². The summed E-state index contributed by atoms with van der Waals surface area (Å²) in [5.74, 6) is 0. The number of rotatable bonds is 4. The first-order valence-corrected chi connectivity index (χ1v) is 7.45. The second-order valence-electron chi connectivity index (χ2n) is 5.63. The molecule has 0 aliphatic heterocycles. The van der Waals surface area contributed by atoms with Gasteiger partial charge in [0.2, 0.25) is 0 Å². The minimum Gasteiger partial charge on any atom is -0.387 e. The summed E-state index contributed by atoms with van der Waals surface area (Å²) in [6.07, 6.45) is -9.10. The zero-order valence-corrected chi connectivity index (χ0v) is 14.4. The highest BCUT2D eigenvalue weighted by atomic mass is 35.5. The summed E-state index contributed by atoms with van der Waals surface area (Å²) in [5.41, 5.74) is 3.23. The third-order valence-corrected chi connectivity index (χ3v) is 3.65. The number of benzene rings is 2. The van der Waals surface area contributed by atoms with Crippen LogP contribution in [0.5, 0.6) is 0 Å². The van der Waals surface area contributed by atoms with Crippen LogP contribution >= 0.6 is 12.4 Å². The molecule has 0 heterocycles. The number of alkyl halides is 6. The highest BCUT2D eigenvalue weighted by Crippen LogP contribution is 2.36. The highest BCUT2D eigenvalue weighted by Gasteiger charge is 2.36. The van der Waals surface area contributed by atoms with E-state index in [1.807, 2.05) is 0 Å². The van der Waals surface area contributed by atoms with Crippen molar-refractivity contribution in [3.63, 3.8) is 0 Å². The molecule has 0 spiro atoms. The Kier molecular flexibility index (Phi) is 7.48. The van der Waals surface area contributed by atoms with Gasteiger partial charge in [-0.2, -0.15) is 26.3 Å². The van der Waals surface area contributed by atoms with Crippen molar-refractivity contribution in [3.8, 4) is 0 Å². The van der Waals surface area contributed by atoms with Crippen LogP contribution in [-0.4, -0.2) is 11.2 Å². The van der Waals surface area contributed by atoms with Crippen LogP contribution in [0.25, 0.3) is 6.08 Å². The quantitative estimate of drug-likeness (QED) is 0.677. The van der Waals surface area contributed by atoms with Gasteiger partial charge in [-0.25, -0.2) is 0 Å². The van der Waals surface area contributed by atoms with Gasteiger partial charge in [0.15, 0.2) is 0 Å². The summed E-state index contributed by atoms with van der Waals surface area (Å²) in [6, 6.07) is 8.73. The van der Waals surface area contributed by atoms with Gasteiger partial charge in [0, 0.05) is 0 Å². The smallest absolute Gasteiger partial charge is 0.387 e. The van der Waals surface area contributed by atoms with Crippen molar-refractivity contribution in [1.29, 1.82) is 0 Å². The minimum atomic E-state index is -4.93. The molecule has 27 heavy (non-hydrogen) atoms. The average Bonchev–Trinajstić information content (AvgIpc) is 2.58. The molecular formula is C18H16ClF6NO. The fraction of sp³-hybridized carbons (Fsp3) is 0.222. The topological polar surface area (TPSA) is 46.2 Å².